The van der Waals surface area contributed by atoms with E-state index in [-0.39, 0.29) is 11.9 Å². The van der Waals surface area contributed by atoms with E-state index in [0.717, 1.165) is 51.6 Å². The Morgan fingerprint density at radius 2 is 1.61 bits per heavy atom. The fourth-order valence-corrected chi connectivity index (χ4v) is 4.41. The van der Waals surface area contributed by atoms with Crippen molar-refractivity contribution in [1.29, 1.82) is 0 Å². The molecule has 3 amide bonds. The molecule has 5 nitrogen and oxygen atoms in total. The molecule has 1 heterocycles. The Morgan fingerprint density at radius 1 is 0.964 bits per heavy atom. The standard InChI is InChI=1S/C23H35N3O2/c1-18(27)24-14-11-19-7-9-20(10-8-19)17-21-12-15-26(16-13-21)23(28)25-22-5-3-2-4-6-22/h7-10,21-22H,2-6,11-17H2,1H3,(H,24,27)(H,25,28). The monoisotopic (exact) mass is 385 g/mol. The summed E-state index contributed by atoms with van der Waals surface area (Å²) in [5.74, 6) is 0.680. The highest BCUT2D eigenvalue weighted by molar-refractivity contribution is 5.74. The summed E-state index contributed by atoms with van der Waals surface area (Å²) in [6, 6.07) is 9.31. The van der Waals surface area contributed by atoms with Gasteiger partial charge in [0.2, 0.25) is 5.91 Å². The van der Waals surface area contributed by atoms with Crippen LogP contribution in [0, 0.1) is 5.92 Å². The van der Waals surface area contributed by atoms with E-state index in [1.54, 1.807) is 6.92 Å². The Kier molecular flexibility index (Phi) is 7.75. The van der Waals surface area contributed by atoms with E-state index in [1.165, 1.54) is 30.4 Å². The lowest BCUT2D eigenvalue weighted by molar-refractivity contribution is -0.118. The van der Waals surface area contributed by atoms with Crippen LogP contribution in [0.1, 0.15) is 63.0 Å². The van der Waals surface area contributed by atoms with Gasteiger partial charge in [-0.15, -0.1) is 0 Å². The number of carbonyl (C=O) groups excluding carboxylic acids is 2. The number of carbonyl (C=O) groups is 2. The molecule has 1 aromatic rings. The molecule has 0 aromatic heterocycles. The SMILES string of the molecule is CC(=O)NCCc1ccc(CC2CCN(C(=O)NC3CCCCC3)CC2)cc1. The molecule has 28 heavy (non-hydrogen) atoms. The topological polar surface area (TPSA) is 61.4 Å². The number of hydrogen-bond donors (Lipinski definition) is 2. The van der Waals surface area contributed by atoms with Crippen LogP contribution >= 0.6 is 0 Å². The summed E-state index contributed by atoms with van der Waals surface area (Å²) in [6.45, 7) is 3.99. The van der Waals surface area contributed by atoms with Crippen molar-refractivity contribution in [2.45, 2.75) is 70.8 Å². The Hall–Kier alpha value is -2.04. The zero-order chi connectivity index (χ0) is 19.8. The van der Waals surface area contributed by atoms with Gasteiger partial charge in [0, 0.05) is 32.6 Å². The Labute approximate surface area is 169 Å². The van der Waals surface area contributed by atoms with Crippen molar-refractivity contribution in [2.75, 3.05) is 19.6 Å². The van der Waals surface area contributed by atoms with Crippen molar-refractivity contribution in [3.8, 4) is 0 Å². The molecule has 2 N–H and O–H groups in total. The molecule has 2 fully saturated rings. The number of piperidine rings is 1. The van der Waals surface area contributed by atoms with Gasteiger partial charge < -0.3 is 15.5 Å². The largest absolute Gasteiger partial charge is 0.356 e. The Morgan fingerprint density at radius 3 is 2.25 bits per heavy atom. The highest BCUT2D eigenvalue weighted by Gasteiger charge is 2.25. The molecule has 0 radical (unpaired) electrons. The number of hydrogen-bond acceptors (Lipinski definition) is 2. The number of likely N-dealkylation sites (tertiary alicyclic amines) is 1. The third kappa shape index (κ3) is 6.54. The lowest BCUT2D eigenvalue weighted by atomic mass is 9.90. The van der Waals surface area contributed by atoms with Crippen molar-refractivity contribution < 1.29 is 9.59 Å². The molecule has 1 saturated carbocycles. The smallest absolute Gasteiger partial charge is 0.317 e. The van der Waals surface area contributed by atoms with Crippen LogP contribution < -0.4 is 10.6 Å². The third-order valence-electron chi connectivity index (χ3n) is 6.17. The summed E-state index contributed by atoms with van der Waals surface area (Å²) in [5, 5.41) is 6.08. The molecule has 5 heteroatoms. The second-order valence-electron chi connectivity index (χ2n) is 8.47. The Balaban J connectivity index is 1.37. The lowest BCUT2D eigenvalue weighted by Crippen LogP contribution is -2.48. The first-order chi connectivity index (χ1) is 13.6. The minimum absolute atomic E-state index is 0.0235. The molecule has 0 bridgehead atoms. The number of nitrogens with one attached hydrogen (secondary N) is 2. The van der Waals surface area contributed by atoms with E-state index in [9.17, 15) is 9.59 Å². The molecular formula is C23H35N3O2. The maximum atomic E-state index is 12.5. The molecule has 3 rings (SSSR count). The lowest BCUT2D eigenvalue weighted by Gasteiger charge is -2.34. The van der Waals surface area contributed by atoms with Gasteiger partial charge in [-0.25, -0.2) is 4.79 Å². The van der Waals surface area contributed by atoms with Gasteiger partial charge in [-0.3, -0.25) is 4.79 Å². The maximum Gasteiger partial charge on any atom is 0.317 e. The van der Waals surface area contributed by atoms with Crippen molar-refractivity contribution in [2.24, 2.45) is 5.92 Å². The van der Waals surface area contributed by atoms with E-state index in [2.05, 4.69) is 34.9 Å². The van der Waals surface area contributed by atoms with Crippen LogP contribution in [0.5, 0.6) is 0 Å². The zero-order valence-corrected chi connectivity index (χ0v) is 17.2. The summed E-state index contributed by atoms with van der Waals surface area (Å²) in [6.07, 6.45) is 10.2. The van der Waals surface area contributed by atoms with Crippen LogP contribution in [0.4, 0.5) is 4.79 Å². The molecule has 0 spiro atoms. The van der Waals surface area contributed by atoms with Gasteiger partial charge in [0.05, 0.1) is 0 Å². The predicted molar refractivity (Wildman–Crippen MR) is 112 cm³/mol. The van der Waals surface area contributed by atoms with Gasteiger partial charge in [0.15, 0.2) is 0 Å². The normalized spacial score (nSPS) is 18.7. The second-order valence-corrected chi connectivity index (χ2v) is 8.47. The predicted octanol–water partition coefficient (Wildman–Crippen LogP) is 3.66. The quantitative estimate of drug-likeness (QED) is 0.785. The number of rotatable bonds is 6. The molecule has 1 aromatic carbocycles. The van der Waals surface area contributed by atoms with Crippen LogP contribution in [-0.4, -0.2) is 42.5 Å². The number of benzene rings is 1. The minimum atomic E-state index is 0.0235. The molecule has 0 atom stereocenters. The number of nitrogens with zero attached hydrogens (tertiary/aromatic N) is 1. The summed E-state index contributed by atoms with van der Waals surface area (Å²) < 4.78 is 0. The molecule has 1 aliphatic carbocycles. The van der Waals surface area contributed by atoms with Crippen LogP contribution in [0.2, 0.25) is 0 Å². The van der Waals surface area contributed by atoms with E-state index in [0.29, 0.717) is 18.5 Å². The van der Waals surface area contributed by atoms with Gasteiger partial charge in [0.1, 0.15) is 0 Å². The summed E-state index contributed by atoms with van der Waals surface area (Å²) in [4.78, 5) is 25.4. The highest BCUT2D eigenvalue weighted by atomic mass is 16.2. The third-order valence-corrected chi connectivity index (χ3v) is 6.17. The Bertz CT molecular complexity index is 630. The average molecular weight is 386 g/mol. The summed E-state index contributed by atoms with van der Waals surface area (Å²) >= 11 is 0. The fraction of sp³-hybridized carbons (Fsp3) is 0.652. The van der Waals surface area contributed by atoms with E-state index < -0.39 is 0 Å². The van der Waals surface area contributed by atoms with Crippen LogP contribution in [0.25, 0.3) is 0 Å². The van der Waals surface area contributed by atoms with Crippen molar-refractivity contribution >= 4 is 11.9 Å². The first-order valence-electron chi connectivity index (χ1n) is 11.0. The average Bonchev–Trinajstić information content (AvgIpc) is 2.70. The molecule has 0 unspecified atom stereocenters. The van der Waals surface area contributed by atoms with Gasteiger partial charge in [-0.1, -0.05) is 43.5 Å². The van der Waals surface area contributed by atoms with Crippen LogP contribution in [0.3, 0.4) is 0 Å². The molecular weight excluding hydrogens is 350 g/mol. The van der Waals surface area contributed by atoms with E-state index >= 15 is 0 Å². The van der Waals surface area contributed by atoms with Gasteiger partial charge in [0.25, 0.3) is 0 Å². The second kappa shape index (κ2) is 10.5. The fourth-order valence-electron chi connectivity index (χ4n) is 4.41. The van der Waals surface area contributed by atoms with Crippen molar-refractivity contribution in [3.63, 3.8) is 0 Å². The van der Waals surface area contributed by atoms with Crippen LogP contribution in [-0.2, 0) is 17.6 Å². The molecule has 2 aliphatic rings. The first-order valence-corrected chi connectivity index (χ1v) is 11.0. The number of urea groups is 1. The zero-order valence-electron chi connectivity index (χ0n) is 17.2. The highest BCUT2D eigenvalue weighted by Crippen LogP contribution is 2.23. The van der Waals surface area contributed by atoms with Gasteiger partial charge in [-0.05, 0) is 55.6 Å². The van der Waals surface area contributed by atoms with Crippen molar-refractivity contribution in [1.82, 2.24) is 15.5 Å². The first kappa shape index (κ1) is 20.7. The minimum Gasteiger partial charge on any atom is -0.356 e. The van der Waals surface area contributed by atoms with Crippen LogP contribution in [0.15, 0.2) is 24.3 Å². The van der Waals surface area contributed by atoms with Gasteiger partial charge >= 0.3 is 6.03 Å². The van der Waals surface area contributed by atoms with Gasteiger partial charge in [-0.2, -0.15) is 0 Å². The van der Waals surface area contributed by atoms with E-state index in [4.69, 9.17) is 0 Å². The molecule has 1 aliphatic heterocycles. The summed E-state index contributed by atoms with van der Waals surface area (Å²) in [7, 11) is 0. The molecule has 154 valence electrons. The summed E-state index contributed by atoms with van der Waals surface area (Å²) in [5.41, 5.74) is 2.63. The van der Waals surface area contributed by atoms with E-state index in [1.807, 2.05) is 4.90 Å². The van der Waals surface area contributed by atoms with Crippen molar-refractivity contribution in [3.05, 3.63) is 35.4 Å². The maximum absolute atomic E-state index is 12.5. The molecule has 1 saturated heterocycles. The number of amides is 3.